The lowest BCUT2D eigenvalue weighted by molar-refractivity contribution is 0.0452. The molecule has 0 fully saturated rings. The molecule has 1 N–H and O–H groups in total. The summed E-state index contributed by atoms with van der Waals surface area (Å²) in [6.07, 6.45) is 0. The number of benzene rings is 1. The first-order chi connectivity index (χ1) is 13.4. The molecule has 0 saturated carbocycles. The van der Waals surface area contributed by atoms with E-state index < -0.39 is 11.9 Å². The van der Waals surface area contributed by atoms with Gasteiger partial charge in [-0.3, -0.25) is 0 Å². The van der Waals surface area contributed by atoms with Crippen LogP contribution in [0.1, 0.15) is 44.9 Å². The van der Waals surface area contributed by atoms with Gasteiger partial charge in [0.05, 0.1) is 22.8 Å². The first kappa shape index (κ1) is 19.6. The van der Waals surface area contributed by atoms with Gasteiger partial charge in [-0.05, 0) is 38.5 Å². The van der Waals surface area contributed by atoms with E-state index in [1.54, 1.807) is 45.0 Å². The smallest absolute Gasteiger partial charge is 0.355 e. The van der Waals surface area contributed by atoms with Crippen molar-refractivity contribution in [1.82, 2.24) is 15.1 Å². The minimum Gasteiger partial charge on any atom is -0.462 e. The Kier molecular flexibility index (Phi) is 5.79. The fourth-order valence-corrected chi connectivity index (χ4v) is 2.94. The molecule has 0 radical (unpaired) electrons. The third-order valence-electron chi connectivity index (χ3n) is 4.03. The van der Waals surface area contributed by atoms with E-state index in [0.29, 0.717) is 27.4 Å². The Bertz CT molecular complexity index is 1020. The average Bonchev–Trinajstić information content (AvgIpc) is 3.24. The van der Waals surface area contributed by atoms with Crippen LogP contribution in [0.4, 0.5) is 0 Å². The molecule has 28 heavy (non-hydrogen) atoms. The molecule has 0 aliphatic heterocycles. The van der Waals surface area contributed by atoms with E-state index in [4.69, 9.17) is 25.6 Å². The Balaban J connectivity index is 1.71. The van der Waals surface area contributed by atoms with Crippen molar-refractivity contribution in [3.8, 4) is 11.5 Å². The van der Waals surface area contributed by atoms with Gasteiger partial charge in [0, 0.05) is 5.69 Å². The van der Waals surface area contributed by atoms with Crippen LogP contribution in [0.25, 0.3) is 11.5 Å². The average molecular weight is 404 g/mol. The lowest BCUT2D eigenvalue weighted by Crippen LogP contribution is -2.09. The van der Waals surface area contributed by atoms with Gasteiger partial charge in [0.1, 0.15) is 5.69 Å². The molecule has 0 aliphatic rings. The van der Waals surface area contributed by atoms with Crippen molar-refractivity contribution in [1.29, 1.82) is 0 Å². The van der Waals surface area contributed by atoms with Crippen LogP contribution in [0, 0.1) is 13.8 Å². The van der Waals surface area contributed by atoms with E-state index in [9.17, 15) is 9.59 Å². The van der Waals surface area contributed by atoms with Crippen LogP contribution >= 0.6 is 11.6 Å². The number of aromatic amines is 1. The van der Waals surface area contributed by atoms with Gasteiger partial charge < -0.3 is 19.0 Å². The molecule has 2 aromatic heterocycles. The second kappa shape index (κ2) is 8.26. The highest BCUT2D eigenvalue weighted by molar-refractivity contribution is 6.33. The van der Waals surface area contributed by atoms with E-state index in [1.807, 2.05) is 0 Å². The summed E-state index contributed by atoms with van der Waals surface area (Å²) >= 11 is 6.10. The zero-order valence-corrected chi connectivity index (χ0v) is 16.3. The number of nitrogens with one attached hydrogen (secondary N) is 1. The highest BCUT2D eigenvalue weighted by atomic mass is 35.5. The molecule has 1 aromatic carbocycles. The molecule has 0 bridgehead atoms. The van der Waals surface area contributed by atoms with Crippen molar-refractivity contribution in [2.45, 2.75) is 27.4 Å². The quantitative estimate of drug-likeness (QED) is 0.622. The lowest BCUT2D eigenvalue weighted by atomic mass is 10.1. The number of hydrogen-bond donors (Lipinski definition) is 1. The third-order valence-corrected chi connectivity index (χ3v) is 4.36. The number of esters is 2. The van der Waals surface area contributed by atoms with E-state index in [1.165, 1.54) is 0 Å². The third kappa shape index (κ3) is 3.91. The summed E-state index contributed by atoms with van der Waals surface area (Å²) in [5, 5.41) is 4.26. The Morgan fingerprint density at radius 2 is 1.93 bits per heavy atom. The fraction of sp³-hybridized carbons (Fsp3) is 0.263. The summed E-state index contributed by atoms with van der Waals surface area (Å²) < 4.78 is 15.4. The van der Waals surface area contributed by atoms with E-state index in [2.05, 4.69) is 15.1 Å². The van der Waals surface area contributed by atoms with Crippen LogP contribution in [0.5, 0.6) is 0 Å². The molecule has 3 rings (SSSR count). The Hall–Kier alpha value is -3.13. The molecule has 0 aliphatic carbocycles. The zero-order valence-electron chi connectivity index (χ0n) is 15.5. The number of H-pyrrole nitrogens is 1. The highest BCUT2D eigenvalue weighted by Gasteiger charge is 2.24. The maximum atomic E-state index is 12.4. The van der Waals surface area contributed by atoms with Crippen LogP contribution in [0.3, 0.4) is 0 Å². The van der Waals surface area contributed by atoms with Crippen LogP contribution in [-0.4, -0.2) is 33.7 Å². The maximum absolute atomic E-state index is 12.4. The number of aromatic nitrogens is 3. The van der Waals surface area contributed by atoms with Gasteiger partial charge in [-0.15, -0.1) is 0 Å². The Morgan fingerprint density at radius 1 is 1.18 bits per heavy atom. The van der Waals surface area contributed by atoms with Gasteiger partial charge >= 0.3 is 11.9 Å². The minimum absolute atomic E-state index is 0.176. The Morgan fingerprint density at radius 3 is 2.64 bits per heavy atom. The number of carbonyl (C=O) groups excluding carboxylic acids is 2. The molecule has 0 saturated heterocycles. The predicted octanol–water partition coefficient (Wildman–Crippen LogP) is 3.87. The van der Waals surface area contributed by atoms with Gasteiger partial charge in [-0.1, -0.05) is 28.9 Å². The second-order valence-corrected chi connectivity index (χ2v) is 6.32. The number of ether oxygens (including phenoxy) is 2. The molecule has 146 valence electrons. The summed E-state index contributed by atoms with van der Waals surface area (Å²) in [7, 11) is 0. The van der Waals surface area contributed by atoms with Crippen molar-refractivity contribution in [2.24, 2.45) is 0 Å². The molecular weight excluding hydrogens is 386 g/mol. The first-order valence-electron chi connectivity index (χ1n) is 8.53. The molecule has 0 amide bonds. The number of hydrogen-bond acceptors (Lipinski definition) is 7. The van der Waals surface area contributed by atoms with Crippen LogP contribution < -0.4 is 0 Å². The molecular formula is C19H18ClN3O5. The van der Waals surface area contributed by atoms with E-state index >= 15 is 0 Å². The van der Waals surface area contributed by atoms with Crippen LogP contribution in [0.2, 0.25) is 5.02 Å². The second-order valence-electron chi connectivity index (χ2n) is 5.92. The van der Waals surface area contributed by atoms with Crippen molar-refractivity contribution in [2.75, 3.05) is 6.61 Å². The summed E-state index contributed by atoms with van der Waals surface area (Å²) in [6, 6.07) is 7.03. The first-order valence-corrected chi connectivity index (χ1v) is 8.91. The molecule has 0 atom stereocenters. The molecule has 0 unspecified atom stereocenters. The number of carbonyl (C=O) groups is 2. The van der Waals surface area contributed by atoms with Gasteiger partial charge in [-0.25, -0.2) is 9.59 Å². The van der Waals surface area contributed by atoms with E-state index in [-0.39, 0.29) is 30.6 Å². The number of nitrogens with zero attached hydrogens (tertiary/aromatic N) is 2. The van der Waals surface area contributed by atoms with E-state index in [0.717, 1.165) is 0 Å². The molecule has 3 aromatic rings. The number of rotatable bonds is 6. The van der Waals surface area contributed by atoms with Crippen molar-refractivity contribution in [3.05, 3.63) is 57.6 Å². The number of aryl methyl sites for hydroxylation is 1. The summed E-state index contributed by atoms with van der Waals surface area (Å²) in [5.41, 5.74) is 2.09. The van der Waals surface area contributed by atoms with Gasteiger partial charge in [0.25, 0.3) is 5.89 Å². The standard InChI is InChI=1S/C19H18ClN3O5/c1-4-26-18(24)15-10(2)16(21-11(15)3)19(25)27-9-14-22-17(28-23-14)12-7-5-6-8-13(12)20/h5-8,21H,4,9H2,1-3H3. The highest BCUT2D eigenvalue weighted by Crippen LogP contribution is 2.26. The maximum Gasteiger partial charge on any atom is 0.355 e. The van der Waals surface area contributed by atoms with Gasteiger partial charge in [0.15, 0.2) is 6.61 Å². The summed E-state index contributed by atoms with van der Waals surface area (Å²) in [6.45, 7) is 5.10. The predicted molar refractivity (Wildman–Crippen MR) is 100 cm³/mol. The van der Waals surface area contributed by atoms with Gasteiger partial charge in [0.2, 0.25) is 5.82 Å². The van der Waals surface area contributed by atoms with Crippen LogP contribution in [-0.2, 0) is 16.1 Å². The number of halogens is 1. The molecule has 2 heterocycles. The molecule has 0 spiro atoms. The van der Waals surface area contributed by atoms with Gasteiger partial charge in [-0.2, -0.15) is 4.98 Å². The fourth-order valence-electron chi connectivity index (χ4n) is 2.72. The van der Waals surface area contributed by atoms with Crippen LogP contribution in [0.15, 0.2) is 28.8 Å². The zero-order chi connectivity index (χ0) is 20.3. The normalized spacial score (nSPS) is 10.7. The largest absolute Gasteiger partial charge is 0.462 e. The van der Waals surface area contributed by atoms with Crippen molar-refractivity contribution in [3.63, 3.8) is 0 Å². The minimum atomic E-state index is -0.639. The summed E-state index contributed by atoms with van der Waals surface area (Å²) in [5.74, 6) is -0.710. The SMILES string of the molecule is CCOC(=O)c1c(C)[nH]c(C(=O)OCc2noc(-c3ccccc3Cl)n2)c1C. The summed E-state index contributed by atoms with van der Waals surface area (Å²) in [4.78, 5) is 31.5. The molecule has 9 heteroatoms. The lowest BCUT2D eigenvalue weighted by Gasteiger charge is -2.03. The van der Waals surface area contributed by atoms with Crippen molar-refractivity contribution >= 4 is 23.5 Å². The monoisotopic (exact) mass is 403 g/mol. The Labute approximate surface area is 165 Å². The van der Waals surface area contributed by atoms with Crippen molar-refractivity contribution < 1.29 is 23.6 Å². The topological polar surface area (TPSA) is 107 Å². The molecule has 8 nitrogen and oxygen atoms in total.